The molecule has 5 nitrogen and oxygen atoms in total. The number of nitrogen functional groups attached to an aromatic ring is 1. The molecular formula is C25H20Cl2N2O3S. The summed E-state index contributed by atoms with van der Waals surface area (Å²) in [5.41, 5.74) is 9.63. The van der Waals surface area contributed by atoms with Gasteiger partial charge < -0.3 is 15.2 Å². The van der Waals surface area contributed by atoms with Gasteiger partial charge in [-0.05, 0) is 41.5 Å². The largest absolute Gasteiger partial charge is 0.491 e. The van der Waals surface area contributed by atoms with E-state index in [-0.39, 0.29) is 0 Å². The van der Waals surface area contributed by atoms with E-state index in [1.54, 1.807) is 12.3 Å². The van der Waals surface area contributed by atoms with E-state index in [1.165, 1.54) is 18.4 Å². The molecule has 0 bridgehead atoms. The fourth-order valence-electron chi connectivity index (χ4n) is 3.32. The van der Waals surface area contributed by atoms with Crippen molar-refractivity contribution in [3.8, 4) is 27.3 Å². The van der Waals surface area contributed by atoms with E-state index in [9.17, 15) is 4.79 Å². The lowest BCUT2D eigenvalue weighted by atomic mass is 10.0. The Kier molecular flexibility index (Phi) is 7.18. The van der Waals surface area contributed by atoms with Crippen molar-refractivity contribution < 1.29 is 14.3 Å². The molecule has 2 heterocycles. The first-order valence-corrected chi connectivity index (χ1v) is 11.6. The van der Waals surface area contributed by atoms with Crippen LogP contribution in [0.3, 0.4) is 0 Å². The molecule has 0 radical (unpaired) electrons. The fourth-order valence-corrected chi connectivity index (χ4v) is 4.78. The summed E-state index contributed by atoms with van der Waals surface area (Å²) in [4.78, 5) is 17.9. The number of aromatic nitrogens is 1. The van der Waals surface area contributed by atoms with Crippen molar-refractivity contribution in [3.05, 3.63) is 87.3 Å². The minimum atomic E-state index is -0.475. The van der Waals surface area contributed by atoms with Crippen LogP contribution in [0.25, 0.3) is 21.6 Å². The van der Waals surface area contributed by atoms with Crippen LogP contribution in [-0.4, -0.2) is 24.7 Å². The van der Waals surface area contributed by atoms with Gasteiger partial charge in [-0.2, -0.15) is 0 Å². The average Bonchev–Trinajstić information content (AvgIpc) is 3.24. The van der Waals surface area contributed by atoms with Gasteiger partial charge >= 0.3 is 5.97 Å². The summed E-state index contributed by atoms with van der Waals surface area (Å²) in [5.74, 6) is 0.305. The summed E-state index contributed by atoms with van der Waals surface area (Å²) in [5, 5.41) is 1.31. The molecule has 0 fully saturated rings. The Hall–Kier alpha value is -3.06. The third-order valence-electron chi connectivity index (χ3n) is 5.00. The number of ether oxygens (including phenoxy) is 2. The molecule has 0 aliphatic heterocycles. The summed E-state index contributed by atoms with van der Waals surface area (Å²) in [6.45, 7) is 0.347. The normalized spacial score (nSPS) is 10.8. The number of esters is 1. The fraction of sp³-hybridized carbons (Fsp3) is 0.120. The lowest BCUT2D eigenvalue weighted by Gasteiger charge is -2.08. The Morgan fingerprint density at radius 3 is 2.64 bits per heavy atom. The third-order valence-corrected chi connectivity index (χ3v) is 6.73. The number of pyridine rings is 1. The lowest BCUT2D eigenvalue weighted by Crippen LogP contribution is -2.05. The van der Waals surface area contributed by atoms with Crippen LogP contribution in [0, 0.1) is 0 Å². The predicted molar refractivity (Wildman–Crippen MR) is 134 cm³/mol. The predicted octanol–water partition coefficient (Wildman–Crippen LogP) is 6.77. The first-order chi connectivity index (χ1) is 16.0. The number of thiophene rings is 1. The van der Waals surface area contributed by atoms with Crippen LogP contribution in [0.2, 0.25) is 10.0 Å². The highest BCUT2D eigenvalue weighted by molar-refractivity contribution is 7.17. The van der Waals surface area contributed by atoms with Gasteiger partial charge in [-0.3, -0.25) is 0 Å². The van der Waals surface area contributed by atoms with Gasteiger partial charge in [0.25, 0.3) is 0 Å². The van der Waals surface area contributed by atoms with E-state index < -0.39 is 5.97 Å². The van der Waals surface area contributed by atoms with E-state index in [4.69, 9.17) is 38.4 Å². The zero-order chi connectivity index (χ0) is 23.4. The van der Waals surface area contributed by atoms with Gasteiger partial charge in [0.2, 0.25) is 0 Å². The number of anilines is 1. The van der Waals surface area contributed by atoms with Crippen LogP contribution in [0.5, 0.6) is 5.75 Å². The minimum Gasteiger partial charge on any atom is -0.491 e. The van der Waals surface area contributed by atoms with Gasteiger partial charge in [-0.15, -0.1) is 11.3 Å². The van der Waals surface area contributed by atoms with Crippen LogP contribution in [0.15, 0.2) is 66.9 Å². The number of methoxy groups -OCH3 is 1. The maximum absolute atomic E-state index is 12.4. The number of rotatable bonds is 7. The summed E-state index contributed by atoms with van der Waals surface area (Å²) >= 11 is 13.6. The molecular weight excluding hydrogens is 479 g/mol. The topological polar surface area (TPSA) is 74.4 Å². The van der Waals surface area contributed by atoms with E-state index >= 15 is 0 Å². The Bertz CT molecular complexity index is 1310. The van der Waals surface area contributed by atoms with Crippen molar-refractivity contribution >= 4 is 46.3 Å². The molecule has 0 unspecified atom stereocenters. The molecule has 0 aliphatic rings. The van der Waals surface area contributed by atoms with Crippen molar-refractivity contribution in [1.29, 1.82) is 0 Å². The number of nitrogens with zero attached hydrogens (tertiary/aromatic N) is 1. The van der Waals surface area contributed by atoms with Crippen LogP contribution in [-0.2, 0) is 11.2 Å². The Labute approximate surface area is 205 Å². The minimum absolute atomic E-state index is 0.347. The molecule has 0 atom stereocenters. The summed E-state index contributed by atoms with van der Waals surface area (Å²) in [6.07, 6.45) is 2.29. The molecule has 0 amide bonds. The van der Waals surface area contributed by atoms with Crippen LogP contribution in [0.4, 0.5) is 5.82 Å². The van der Waals surface area contributed by atoms with Crippen molar-refractivity contribution in [3.63, 3.8) is 0 Å². The number of hydrogen-bond donors (Lipinski definition) is 1. The molecule has 33 heavy (non-hydrogen) atoms. The van der Waals surface area contributed by atoms with Gasteiger partial charge in [0.15, 0.2) is 4.88 Å². The number of benzene rings is 2. The second kappa shape index (κ2) is 10.3. The maximum atomic E-state index is 12.4. The number of carbonyl (C=O) groups excluding carboxylic acids is 1. The lowest BCUT2D eigenvalue weighted by molar-refractivity contribution is 0.0602. The zero-order valence-electron chi connectivity index (χ0n) is 17.7. The first kappa shape index (κ1) is 23.1. The van der Waals surface area contributed by atoms with E-state index in [2.05, 4.69) is 4.98 Å². The molecule has 4 aromatic rings. The van der Waals surface area contributed by atoms with Gasteiger partial charge in [0.05, 0.1) is 13.7 Å². The second-order valence-electron chi connectivity index (χ2n) is 7.15. The Morgan fingerprint density at radius 1 is 1.06 bits per heavy atom. The quantitative estimate of drug-likeness (QED) is 0.284. The number of carbonyl (C=O) groups is 1. The summed E-state index contributed by atoms with van der Waals surface area (Å²) < 4.78 is 10.9. The molecule has 2 N–H and O–H groups in total. The van der Waals surface area contributed by atoms with Gasteiger partial charge in [-0.1, -0.05) is 53.5 Å². The van der Waals surface area contributed by atoms with Crippen molar-refractivity contribution in [2.45, 2.75) is 6.42 Å². The van der Waals surface area contributed by atoms with Gasteiger partial charge in [-0.25, -0.2) is 9.78 Å². The second-order valence-corrected chi connectivity index (χ2v) is 9.05. The summed E-state index contributed by atoms with van der Waals surface area (Å²) in [6, 6.07) is 18.8. The molecule has 0 aliphatic carbocycles. The molecule has 0 spiro atoms. The van der Waals surface area contributed by atoms with Crippen LogP contribution < -0.4 is 10.5 Å². The zero-order valence-corrected chi connectivity index (χ0v) is 20.0. The monoisotopic (exact) mass is 498 g/mol. The van der Waals surface area contributed by atoms with Crippen LogP contribution in [0.1, 0.15) is 15.2 Å². The number of nitrogens with two attached hydrogens (primary N) is 1. The SMILES string of the molecule is COC(=O)c1sc(-c2cc(-c3cccc(Cl)c3)cnc2N)cc1OCCc1ccccc1Cl. The average molecular weight is 499 g/mol. The first-order valence-electron chi connectivity index (χ1n) is 10.1. The van der Waals surface area contributed by atoms with Crippen molar-refractivity contribution in [1.82, 2.24) is 4.98 Å². The van der Waals surface area contributed by atoms with Gasteiger partial charge in [0, 0.05) is 38.7 Å². The molecule has 2 aromatic carbocycles. The van der Waals surface area contributed by atoms with E-state index in [1.807, 2.05) is 54.6 Å². The number of halogens is 2. The third kappa shape index (κ3) is 5.30. The molecule has 2 aromatic heterocycles. The summed E-state index contributed by atoms with van der Waals surface area (Å²) in [7, 11) is 1.34. The number of hydrogen-bond acceptors (Lipinski definition) is 6. The highest BCUT2D eigenvalue weighted by Gasteiger charge is 2.21. The van der Waals surface area contributed by atoms with Gasteiger partial charge in [0.1, 0.15) is 11.6 Å². The maximum Gasteiger partial charge on any atom is 0.351 e. The molecule has 0 saturated heterocycles. The van der Waals surface area contributed by atoms with E-state index in [0.29, 0.717) is 45.1 Å². The van der Waals surface area contributed by atoms with Crippen LogP contribution >= 0.6 is 34.5 Å². The standard InChI is InChI=1S/C25H20Cl2N2O3S/c1-31-25(30)23-21(32-10-9-15-5-2-3-8-20(15)27)13-22(33-23)19-12-17(14-29-24(19)28)16-6-4-7-18(26)11-16/h2-8,11-14H,9-10H2,1H3,(H2,28,29). The van der Waals surface area contributed by atoms with E-state index in [0.717, 1.165) is 21.6 Å². The molecule has 8 heteroatoms. The molecule has 0 saturated carbocycles. The molecule has 168 valence electrons. The molecule has 4 rings (SSSR count). The van der Waals surface area contributed by atoms with Crippen molar-refractivity contribution in [2.75, 3.05) is 19.5 Å². The highest BCUT2D eigenvalue weighted by atomic mass is 35.5. The van der Waals surface area contributed by atoms with Crippen molar-refractivity contribution in [2.24, 2.45) is 0 Å². The Balaban J connectivity index is 1.64. The highest BCUT2D eigenvalue weighted by Crippen LogP contribution is 2.40. The smallest absolute Gasteiger partial charge is 0.351 e. The Morgan fingerprint density at radius 2 is 1.88 bits per heavy atom.